The second-order valence-corrected chi connectivity index (χ2v) is 6.83. The Balaban J connectivity index is 0.00000312. The van der Waals surface area contributed by atoms with E-state index in [-0.39, 0.29) is 36.6 Å². The summed E-state index contributed by atoms with van der Waals surface area (Å²) in [5, 5.41) is 3.61. The molecule has 0 aliphatic rings. The molecule has 1 heterocycles. The van der Waals surface area contributed by atoms with E-state index in [4.69, 9.17) is 21.8 Å². The second-order valence-electron chi connectivity index (χ2n) is 6.42. The Labute approximate surface area is 171 Å². The van der Waals surface area contributed by atoms with Gasteiger partial charge in [-0.05, 0) is 25.0 Å². The first-order chi connectivity index (χ1) is 11.4. The summed E-state index contributed by atoms with van der Waals surface area (Å²) in [5.41, 5.74) is 6.17. The van der Waals surface area contributed by atoms with Crippen molar-refractivity contribution in [3.05, 3.63) is 41.4 Å². The number of aromatic nitrogens is 1. The third-order valence-corrected chi connectivity index (χ3v) is 4.71. The highest BCUT2D eigenvalue weighted by Gasteiger charge is 2.28. The van der Waals surface area contributed by atoms with E-state index in [9.17, 15) is 4.79 Å². The summed E-state index contributed by atoms with van der Waals surface area (Å²) >= 11 is 6.15. The van der Waals surface area contributed by atoms with Crippen molar-refractivity contribution in [2.75, 3.05) is 6.54 Å². The zero-order valence-electron chi connectivity index (χ0n) is 15.1. The molecule has 2 rings (SSSR count). The minimum atomic E-state index is -0.406. The number of nitrogens with one attached hydrogen (secondary N) is 1. The van der Waals surface area contributed by atoms with E-state index in [1.54, 1.807) is 12.3 Å². The van der Waals surface area contributed by atoms with E-state index in [1.807, 2.05) is 39.0 Å². The number of carbonyl (C=O) groups excluding carboxylic acids is 1. The van der Waals surface area contributed by atoms with Crippen molar-refractivity contribution >= 4 is 42.3 Å². The zero-order chi connectivity index (χ0) is 17.7. The van der Waals surface area contributed by atoms with Crippen LogP contribution in [0.3, 0.4) is 0 Å². The molecule has 1 atom stereocenters. The van der Waals surface area contributed by atoms with Gasteiger partial charge in [-0.2, -0.15) is 0 Å². The van der Waals surface area contributed by atoms with Gasteiger partial charge < -0.3 is 15.5 Å². The summed E-state index contributed by atoms with van der Waals surface area (Å²) in [7, 11) is 0. The Morgan fingerprint density at radius 2 is 2.00 bits per heavy atom. The van der Waals surface area contributed by atoms with Gasteiger partial charge in [0.1, 0.15) is 0 Å². The van der Waals surface area contributed by atoms with Crippen LogP contribution in [0.1, 0.15) is 33.1 Å². The van der Waals surface area contributed by atoms with Gasteiger partial charge in [0.15, 0.2) is 11.7 Å². The van der Waals surface area contributed by atoms with Gasteiger partial charge in [-0.15, -0.1) is 24.8 Å². The average Bonchev–Trinajstić information content (AvgIpc) is 3.01. The number of hydrogen-bond acceptors (Lipinski definition) is 4. The molecular formula is C18H26Cl3N3O2. The summed E-state index contributed by atoms with van der Waals surface area (Å²) in [5.74, 6) is 1.30. The molecule has 146 valence electrons. The minimum absolute atomic E-state index is 0. The number of amides is 1. The van der Waals surface area contributed by atoms with Crippen LogP contribution in [-0.4, -0.2) is 23.0 Å². The van der Waals surface area contributed by atoms with Crippen molar-refractivity contribution in [2.24, 2.45) is 11.7 Å². The largest absolute Gasteiger partial charge is 0.441 e. The topological polar surface area (TPSA) is 81.1 Å². The fourth-order valence-electron chi connectivity index (χ4n) is 2.24. The maximum Gasteiger partial charge on any atom is 0.220 e. The predicted octanol–water partition coefficient (Wildman–Crippen LogP) is 4.26. The van der Waals surface area contributed by atoms with Crippen LogP contribution in [0.5, 0.6) is 0 Å². The van der Waals surface area contributed by atoms with Crippen LogP contribution in [0, 0.1) is 5.92 Å². The first kappa shape index (κ1) is 24.7. The zero-order valence-corrected chi connectivity index (χ0v) is 17.5. The van der Waals surface area contributed by atoms with Crippen LogP contribution >= 0.6 is 36.4 Å². The van der Waals surface area contributed by atoms with Crippen molar-refractivity contribution in [3.8, 4) is 11.3 Å². The summed E-state index contributed by atoms with van der Waals surface area (Å²) in [6.45, 7) is 6.43. The van der Waals surface area contributed by atoms with Crippen molar-refractivity contribution < 1.29 is 9.21 Å². The van der Waals surface area contributed by atoms with Crippen molar-refractivity contribution in [3.63, 3.8) is 0 Å². The number of nitrogens with two attached hydrogens (primary N) is 1. The molecule has 1 unspecified atom stereocenters. The van der Waals surface area contributed by atoms with Gasteiger partial charge in [0, 0.05) is 24.9 Å². The quantitative estimate of drug-likeness (QED) is 0.698. The Morgan fingerprint density at radius 3 is 2.58 bits per heavy atom. The van der Waals surface area contributed by atoms with Crippen LogP contribution in [0.2, 0.25) is 5.02 Å². The molecule has 8 heteroatoms. The number of carbonyl (C=O) groups is 1. The summed E-state index contributed by atoms with van der Waals surface area (Å²) in [6, 6.07) is 7.41. The van der Waals surface area contributed by atoms with Crippen LogP contribution in [0.4, 0.5) is 0 Å². The number of halogens is 3. The normalized spacial score (nSPS) is 12.7. The lowest BCUT2D eigenvalue weighted by Crippen LogP contribution is -2.55. The predicted molar refractivity (Wildman–Crippen MR) is 110 cm³/mol. The van der Waals surface area contributed by atoms with Crippen molar-refractivity contribution in [2.45, 2.75) is 39.2 Å². The van der Waals surface area contributed by atoms with Crippen molar-refractivity contribution in [1.29, 1.82) is 0 Å². The molecule has 5 nitrogen and oxygen atoms in total. The maximum atomic E-state index is 12.2. The fourth-order valence-corrected chi connectivity index (χ4v) is 2.47. The number of benzene rings is 1. The molecule has 1 aromatic heterocycles. The summed E-state index contributed by atoms with van der Waals surface area (Å²) in [6.07, 6.45) is 2.35. The Bertz CT molecular complexity index is 706. The lowest BCUT2D eigenvalue weighted by Gasteiger charge is -2.33. The first-order valence-electron chi connectivity index (χ1n) is 8.06. The molecule has 0 aliphatic carbocycles. The SMILES string of the molecule is CC(C)C(C)(CN)NC(=O)CCc1ncc(-c2ccccc2Cl)o1.Cl.Cl. The summed E-state index contributed by atoms with van der Waals surface area (Å²) < 4.78 is 5.70. The molecule has 2 aromatic rings. The van der Waals surface area contributed by atoms with Crippen LogP contribution in [0.25, 0.3) is 11.3 Å². The molecule has 3 N–H and O–H groups in total. The monoisotopic (exact) mass is 421 g/mol. The minimum Gasteiger partial charge on any atom is -0.441 e. The second kappa shape index (κ2) is 10.8. The highest BCUT2D eigenvalue weighted by atomic mass is 35.5. The van der Waals surface area contributed by atoms with Gasteiger partial charge in [0.2, 0.25) is 5.91 Å². The highest BCUT2D eigenvalue weighted by molar-refractivity contribution is 6.33. The standard InChI is InChI=1S/C18H24ClN3O2.2ClH/c1-12(2)18(3,11-20)22-16(23)8-9-17-21-10-15(24-17)13-6-4-5-7-14(13)19;;/h4-7,10,12H,8-9,11,20H2,1-3H3,(H,22,23);2*1H. The van der Waals surface area contributed by atoms with Crippen molar-refractivity contribution in [1.82, 2.24) is 10.3 Å². The third-order valence-electron chi connectivity index (χ3n) is 4.38. The Morgan fingerprint density at radius 1 is 1.35 bits per heavy atom. The number of rotatable bonds is 7. The fraction of sp³-hybridized carbons (Fsp3) is 0.444. The van der Waals surface area contributed by atoms with E-state index < -0.39 is 5.54 Å². The van der Waals surface area contributed by atoms with E-state index in [1.165, 1.54) is 0 Å². The van der Waals surface area contributed by atoms with E-state index in [2.05, 4.69) is 10.3 Å². The summed E-state index contributed by atoms with van der Waals surface area (Å²) in [4.78, 5) is 16.4. The molecule has 1 amide bonds. The lowest BCUT2D eigenvalue weighted by molar-refractivity contribution is -0.123. The van der Waals surface area contributed by atoms with Crippen LogP contribution in [0.15, 0.2) is 34.9 Å². The van der Waals surface area contributed by atoms with E-state index >= 15 is 0 Å². The molecule has 0 saturated carbocycles. The van der Waals surface area contributed by atoms with Gasteiger partial charge in [0.25, 0.3) is 0 Å². The molecule has 0 spiro atoms. The molecule has 26 heavy (non-hydrogen) atoms. The molecule has 0 aliphatic heterocycles. The molecule has 0 bridgehead atoms. The maximum absolute atomic E-state index is 12.2. The lowest BCUT2D eigenvalue weighted by atomic mass is 9.88. The van der Waals surface area contributed by atoms with E-state index in [0.29, 0.717) is 36.1 Å². The van der Waals surface area contributed by atoms with Crippen LogP contribution < -0.4 is 11.1 Å². The van der Waals surface area contributed by atoms with E-state index in [0.717, 1.165) is 5.56 Å². The number of oxazole rings is 1. The molecule has 0 saturated heterocycles. The van der Waals surface area contributed by atoms with Crippen LogP contribution in [-0.2, 0) is 11.2 Å². The number of aryl methyl sites for hydroxylation is 1. The number of hydrogen-bond donors (Lipinski definition) is 2. The Hall–Kier alpha value is -1.27. The number of nitrogens with zero attached hydrogens (tertiary/aromatic N) is 1. The molecule has 0 fully saturated rings. The smallest absolute Gasteiger partial charge is 0.220 e. The van der Waals surface area contributed by atoms with Gasteiger partial charge in [-0.1, -0.05) is 37.6 Å². The van der Waals surface area contributed by atoms with Gasteiger partial charge in [-0.3, -0.25) is 4.79 Å². The average molecular weight is 423 g/mol. The van der Waals surface area contributed by atoms with Gasteiger partial charge in [-0.25, -0.2) is 4.98 Å². The highest BCUT2D eigenvalue weighted by Crippen LogP contribution is 2.28. The molecule has 1 aromatic carbocycles. The molecule has 0 radical (unpaired) electrons. The molecular weight excluding hydrogens is 397 g/mol. The Kier molecular flexibility index (Phi) is 10.2. The van der Waals surface area contributed by atoms with Gasteiger partial charge in [0.05, 0.1) is 16.8 Å². The first-order valence-corrected chi connectivity index (χ1v) is 8.44. The van der Waals surface area contributed by atoms with Gasteiger partial charge >= 0.3 is 0 Å². The third kappa shape index (κ3) is 6.16.